The Hall–Kier alpha value is -2.65. The van der Waals surface area contributed by atoms with Crippen LogP contribution in [0, 0.1) is 18.7 Å². The minimum atomic E-state index is -4.01. The van der Waals surface area contributed by atoms with E-state index in [4.69, 9.17) is 9.47 Å². The van der Waals surface area contributed by atoms with E-state index in [1.165, 1.54) is 36.4 Å². The lowest BCUT2D eigenvalue weighted by Gasteiger charge is -2.23. The van der Waals surface area contributed by atoms with E-state index in [0.29, 0.717) is 36.0 Å². The molecule has 2 aromatic rings. The number of carbonyl (C=O) groups excluding carboxylic acids is 1. The zero-order chi connectivity index (χ0) is 21.2. The maximum atomic E-state index is 13.5. The van der Waals surface area contributed by atoms with Crippen LogP contribution in [0.1, 0.15) is 19.4 Å². The van der Waals surface area contributed by atoms with Crippen molar-refractivity contribution < 1.29 is 27.1 Å². The summed E-state index contributed by atoms with van der Waals surface area (Å²) in [4.78, 5) is 12.7. The van der Waals surface area contributed by atoms with Crippen LogP contribution in [-0.4, -0.2) is 33.6 Å². The zero-order valence-corrected chi connectivity index (χ0v) is 17.2. The lowest BCUT2D eigenvalue weighted by Crippen LogP contribution is -2.47. The fraction of sp³-hybridized carbons (Fsp3) is 0.350. The van der Waals surface area contributed by atoms with Gasteiger partial charge in [0, 0.05) is 11.8 Å². The Balaban J connectivity index is 1.82. The Morgan fingerprint density at radius 1 is 1.07 bits per heavy atom. The number of carbonyl (C=O) groups is 1. The molecule has 1 heterocycles. The summed E-state index contributed by atoms with van der Waals surface area (Å²) in [6.07, 6.45) is 0. The van der Waals surface area contributed by atoms with Crippen molar-refractivity contribution in [2.75, 3.05) is 18.5 Å². The van der Waals surface area contributed by atoms with Gasteiger partial charge in [0.2, 0.25) is 15.9 Å². The fourth-order valence-corrected chi connectivity index (χ4v) is 4.22. The molecule has 0 fully saturated rings. The number of hydrogen-bond donors (Lipinski definition) is 2. The highest BCUT2D eigenvalue weighted by atomic mass is 32.2. The molecule has 1 aliphatic rings. The number of amides is 1. The van der Waals surface area contributed by atoms with E-state index in [1.54, 1.807) is 20.8 Å². The van der Waals surface area contributed by atoms with Crippen LogP contribution in [0.25, 0.3) is 0 Å². The molecule has 7 nitrogen and oxygen atoms in total. The number of fused-ring (bicyclic) bond motifs is 1. The van der Waals surface area contributed by atoms with E-state index in [0.717, 1.165) is 0 Å². The molecule has 0 saturated carbocycles. The SMILES string of the molecule is Cc1ccc(F)cc1NC(=O)[C@@H](NS(=O)(=O)c1ccc2c(c1)OCCO2)C(C)C. The Labute approximate surface area is 169 Å². The molecule has 0 bridgehead atoms. The van der Waals surface area contributed by atoms with Crippen LogP contribution in [0.3, 0.4) is 0 Å². The molecule has 2 N–H and O–H groups in total. The number of halogens is 1. The molecule has 0 radical (unpaired) electrons. The van der Waals surface area contributed by atoms with Crippen molar-refractivity contribution in [2.45, 2.75) is 31.7 Å². The summed E-state index contributed by atoms with van der Waals surface area (Å²) >= 11 is 0. The third-order valence-electron chi connectivity index (χ3n) is 4.51. The van der Waals surface area contributed by atoms with Crippen LogP contribution in [0.5, 0.6) is 11.5 Å². The second kappa shape index (κ2) is 8.38. The maximum absolute atomic E-state index is 13.5. The van der Waals surface area contributed by atoms with E-state index in [2.05, 4.69) is 10.0 Å². The number of nitrogens with one attached hydrogen (secondary N) is 2. The molecule has 1 aliphatic heterocycles. The molecule has 3 rings (SSSR count). The predicted octanol–water partition coefficient (Wildman–Crippen LogP) is 2.85. The quantitative estimate of drug-likeness (QED) is 0.747. The first kappa shape index (κ1) is 21.1. The van der Waals surface area contributed by atoms with Crippen LogP contribution in [0.2, 0.25) is 0 Å². The lowest BCUT2D eigenvalue weighted by atomic mass is 10.0. The van der Waals surface area contributed by atoms with Crippen molar-refractivity contribution in [3.63, 3.8) is 0 Å². The van der Waals surface area contributed by atoms with Gasteiger partial charge < -0.3 is 14.8 Å². The lowest BCUT2D eigenvalue weighted by molar-refractivity contribution is -0.118. The van der Waals surface area contributed by atoms with Crippen molar-refractivity contribution in [1.29, 1.82) is 0 Å². The van der Waals surface area contributed by atoms with Gasteiger partial charge in [-0.05, 0) is 42.7 Å². The first-order valence-electron chi connectivity index (χ1n) is 9.16. The van der Waals surface area contributed by atoms with E-state index in [9.17, 15) is 17.6 Å². The first-order chi connectivity index (χ1) is 13.7. The van der Waals surface area contributed by atoms with Gasteiger partial charge in [-0.15, -0.1) is 0 Å². The van der Waals surface area contributed by atoms with Gasteiger partial charge >= 0.3 is 0 Å². The largest absolute Gasteiger partial charge is 0.486 e. The van der Waals surface area contributed by atoms with E-state index in [-0.39, 0.29) is 10.8 Å². The highest BCUT2D eigenvalue weighted by molar-refractivity contribution is 7.89. The van der Waals surface area contributed by atoms with Crippen LogP contribution >= 0.6 is 0 Å². The third kappa shape index (κ3) is 4.86. The first-order valence-corrected chi connectivity index (χ1v) is 10.6. The van der Waals surface area contributed by atoms with E-state index < -0.39 is 27.8 Å². The molecule has 2 aromatic carbocycles. The minimum absolute atomic E-state index is 0.0397. The van der Waals surface area contributed by atoms with Gasteiger partial charge in [0.05, 0.1) is 4.90 Å². The van der Waals surface area contributed by atoms with Crippen LogP contribution in [0.15, 0.2) is 41.3 Å². The molecule has 1 atom stereocenters. The average molecular weight is 422 g/mol. The van der Waals surface area contributed by atoms with Crippen LogP contribution in [-0.2, 0) is 14.8 Å². The molecule has 156 valence electrons. The van der Waals surface area contributed by atoms with E-state index >= 15 is 0 Å². The molecule has 9 heteroatoms. The minimum Gasteiger partial charge on any atom is -0.486 e. The Kier molecular flexibility index (Phi) is 6.09. The smallest absolute Gasteiger partial charge is 0.242 e. The number of hydrogen-bond acceptors (Lipinski definition) is 5. The number of anilines is 1. The second-order valence-corrected chi connectivity index (χ2v) is 8.81. The van der Waals surface area contributed by atoms with Gasteiger partial charge in [-0.1, -0.05) is 19.9 Å². The van der Waals surface area contributed by atoms with Crippen molar-refractivity contribution >= 4 is 21.6 Å². The molecule has 0 aromatic heterocycles. The van der Waals surface area contributed by atoms with Gasteiger partial charge in [-0.25, -0.2) is 12.8 Å². The van der Waals surface area contributed by atoms with Gasteiger partial charge in [0.1, 0.15) is 25.1 Å². The summed E-state index contributed by atoms with van der Waals surface area (Å²) < 4.78 is 52.5. The molecule has 0 aliphatic carbocycles. The molecular formula is C20H23FN2O5S. The Morgan fingerprint density at radius 2 is 1.76 bits per heavy atom. The van der Waals surface area contributed by atoms with E-state index in [1.807, 2.05) is 0 Å². The van der Waals surface area contributed by atoms with Gasteiger partial charge in [-0.3, -0.25) is 4.79 Å². The molecule has 0 saturated heterocycles. The van der Waals surface area contributed by atoms with Crippen molar-refractivity contribution in [3.05, 3.63) is 47.8 Å². The van der Waals surface area contributed by atoms with Gasteiger partial charge in [-0.2, -0.15) is 4.72 Å². The van der Waals surface area contributed by atoms with Gasteiger partial charge in [0.15, 0.2) is 11.5 Å². The summed E-state index contributed by atoms with van der Waals surface area (Å²) in [5.41, 5.74) is 0.955. The molecular weight excluding hydrogens is 399 g/mol. The molecule has 0 unspecified atom stereocenters. The second-order valence-electron chi connectivity index (χ2n) is 7.10. The normalized spacial score (nSPS) is 14.5. The number of sulfonamides is 1. The van der Waals surface area contributed by atoms with Crippen molar-refractivity contribution in [1.82, 2.24) is 4.72 Å². The number of aryl methyl sites for hydroxylation is 1. The molecule has 0 spiro atoms. The number of benzene rings is 2. The van der Waals surface area contributed by atoms with Crippen LogP contribution in [0.4, 0.5) is 10.1 Å². The standard InChI is InChI=1S/C20H23FN2O5S/c1-12(2)19(20(24)22-16-10-14(21)5-4-13(16)3)23-29(25,26)15-6-7-17-18(11-15)28-9-8-27-17/h4-7,10-12,19,23H,8-9H2,1-3H3,(H,22,24)/t19-/m0/s1. The Bertz CT molecular complexity index is 1020. The van der Waals surface area contributed by atoms with Crippen molar-refractivity contribution in [2.24, 2.45) is 5.92 Å². The molecule has 29 heavy (non-hydrogen) atoms. The van der Waals surface area contributed by atoms with Crippen LogP contribution < -0.4 is 19.5 Å². The topological polar surface area (TPSA) is 93.7 Å². The summed E-state index contributed by atoms with van der Waals surface area (Å²) in [5.74, 6) is -0.621. The van der Waals surface area contributed by atoms with Gasteiger partial charge in [0.25, 0.3) is 0 Å². The average Bonchev–Trinajstić information content (AvgIpc) is 2.68. The monoisotopic (exact) mass is 422 g/mol. The summed E-state index contributed by atoms with van der Waals surface area (Å²) in [6.45, 7) is 5.88. The molecule has 1 amide bonds. The predicted molar refractivity (Wildman–Crippen MR) is 106 cm³/mol. The summed E-state index contributed by atoms with van der Waals surface area (Å²) in [5, 5.41) is 2.61. The Morgan fingerprint density at radius 3 is 2.45 bits per heavy atom. The fourth-order valence-electron chi connectivity index (χ4n) is 2.86. The maximum Gasteiger partial charge on any atom is 0.242 e. The number of ether oxygens (including phenoxy) is 2. The zero-order valence-electron chi connectivity index (χ0n) is 16.4. The van der Waals surface area contributed by atoms with Crippen molar-refractivity contribution in [3.8, 4) is 11.5 Å². The summed E-state index contributed by atoms with van der Waals surface area (Å²) in [7, 11) is -4.01. The number of rotatable bonds is 6. The summed E-state index contributed by atoms with van der Waals surface area (Å²) in [6, 6.07) is 7.23. The third-order valence-corrected chi connectivity index (χ3v) is 5.95. The highest BCUT2D eigenvalue weighted by Gasteiger charge is 2.29. The highest BCUT2D eigenvalue weighted by Crippen LogP contribution is 2.32.